The highest BCUT2D eigenvalue weighted by Gasteiger charge is 2.24. The van der Waals surface area contributed by atoms with E-state index in [0.717, 1.165) is 22.4 Å². The normalized spacial score (nSPS) is 16.9. The molecule has 0 bridgehead atoms. The van der Waals surface area contributed by atoms with Gasteiger partial charge in [-0.1, -0.05) is 11.6 Å². The van der Waals surface area contributed by atoms with Crippen molar-refractivity contribution in [1.29, 1.82) is 0 Å². The first-order valence-electron chi connectivity index (χ1n) is 4.54. The molecule has 1 heterocycles. The van der Waals surface area contributed by atoms with Gasteiger partial charge in [-0.25, -0.2) is 0 Å². The fraction of sp³-hybridized carbons (Fsp3) is 0.273. The minimum absolute atomic E-state index is 0.333. The number of rotatable bonds is 0. The van der Waals surface area contributed by atoms with Crippen LogP contribution in [0.5, 0.6) is 11.5 Å². The number of allylic oxidation sites excluding steroid dienone is 1. The fourth-order valence-corrected chi connectivity index (χ4v) is 2.65. The predicted molar refractivity (Wildman–Crippen MR) is 57.6 cm³/mol. The van der Waals surface area contributed by atoms with E-state index < -0.39 is 0 Å². The molecule has 0 saturated carbocycles. The van der Waals surface area contributed by atoms with Gasteiger partial charge < -0.3 is 9.47 Å². The Balaban J connectivity index is 2.26. The molecule has 2 aliphatic rings. The summed E-state index contributed by atoms with van der Waals surface area (Å²) < 4.78 is 11.8. The maximum atomic E-state index is 5.39. The van der Waals surface area contributed by atoms with E-state index in [1.54, 1.807) is 0 Å². The second-order valence-corrected chi connectivity index (χ2v) is 4.46. The Labute approximate surface area is 90.6 Å². The Bertz CT molecular complexity index is 449. The Morgan fingerprint density at radius 2 is 2.21 bits per heavy atom. The minimum Gasteiger partial charge on any atom is -0.454 e. The molecule has 0 radical (unpaired) electrons. The van der Waals surface area contributed by atoms with Crippen LogP contribution in [-0.2, 0) is 6.42 Å². The van der Waals surface area contributed by atoms with Gasteiger partial charge in [0.1, 0.15) is 0 Å². The summed E-state index contributed by atoms with van der Waals surface area (Å²) in [5, 5.41) is 0. The van der Waals surface area contributed by atoms with E-state index in [0.29, 0.717) is 6.79 Å². The fourth-order valence-electron chi connectivity index (χ4n) is 1.97. The average Bonchev–Trinajstić information content (AvgIpc) is 2.71. The summed E-state index contributed by atoms with van der Waals surface area (Å²) >= 11 is 3.56. The van der Waals surface area contributed by atoms with Crippen LogP contribution >= 0.6 is 15.9 Å². The van der Waals surface area contributed by atoms with Gasteiger partial charge in [0.25, 0.3) is 0 Å². The minimum atomic E-state index is 0.333. The van der Waals surface area contributed by atoms with Crippen molar-refractivity contribution >= 4 is 22.0 Å². The van der Waals surface area contributed by atoms with Crippen molar-refractivity contribution < 1.29 is 9.47 Å². The highest BCUT2D eigenvalue weighted by molar-refractivity contribution is 9.10. The molecule has 0 spiro atoms. The van der Waals surface area contributed by atoms with Crippen molar-refractivity contribution in [3.63, 3.8) is 0 Å². The summed E-state index contributed by atoms with van der Waals surface area (Å²) in [5.74, 6) is 1.70. The van der Waals surface area contributed by atoms with Crippen LogP contribution in [0.2, 0.25) is 0 Å². The molecular weight excluding hydrogens is 244 g/mol. The Hall–Kier alpha value is -0.960. The van der Waals surface area contributed by atoms with Crippen molar-refractivity contribution in [1.82, 2.24) is 0 Å². The zero-order valence-electron chi connectivity index (χ0n) is 7.76. The van der Waals surface area contributed by atoms with Crippen molar-refractivity contribution in [3.05, 3.63) is 27.2 Å². The smallest absolute Gasteiger partial charge is 0.231 e. The van der Waals surface area contributed by atoms with Gasteiger partial charge in [0.15, 0.2) is 11.5 Å². The summed E-state index contributed by atoms with van der Waals surface area (Å²) in [6, 6.07) is 2.08. The second kappa shape index (κ2) is 2.76. The zero-order chi connectivity index (χ0) is 9.71. The van der Waals surface area contributed by atoms with Gasteiger partial charge in [-0.2, -0.15) is 0 Å². The third-order valence-electron chi connectivity index (χ3n) is 2.59. The van der Waals surface area contributed by atoms with E-state index in [-0.39, 0.29) is 0 Å². The number of hydrogen-bond donors (Lipinski definition) is 0. The van der Waals surface area contributed by atoms with Gasteiger partial charge in [-0.15, -0.1) is 0 Å². The van der Waals surface area contributed by atoms with Gasteiger partial charge in [0.05, 0.1) is 4.47 Å². The third kappa shape index (κ3) is 1.02. The quantitative estimate of drug-likeness (QED) is 0.707. The van der Waals surface area contributed by atoms with Crippen LogP contribution in [-0.4, -0.2) is 6.79 Å². The molecule has 0 N–H and O–H groups in total. The van der Waals surface area contributed by atoms with Crippen LogP contribution in [0.4, 0.5) is 0 Å². The van der Waals surface area contributed by atoms with Gasteiger partial charge in [-0.05, 0) is 46.5 Å². The van der Waals surface area contributed by atoms with Crippen LogP contribution in [0.1, 0.15) is 18.1 Å². The molecular formula is C11H9BrO2. The molecule has 14 heavy (non-hydrogen) atoms. The molecule has 1 aromatic carbocycles. The lowest BCUT2D eigenvalue weighted by Crippen LogP contribution is -1.93. The molecule has 0 aromatic heterocycles. The van der Waals surface area contributed by atoms with Gasteiger partial charge in [0, 0.05) is 0 Å². The summed E-state index contributed by atoms with van der Waals surface area (Å²) in [7, 11) is 0. The number of ether oxygens (including phenoxy) is 2. The van der Waals surface area contributed by atoms with Gasteiger partial charge in [-0.3, -0.25) is 0 Å². The molecule has 1 aliphatic carbocycles. The first-order chi connectivity index (χ1) is 6.75. The van der Waals surface area contributed by atoms with Crippen LogP contribution in [0.25, 0.3) is 6.08 Å². The molecule has 0 atom stereocenters. The van der Waals surface area contributed by atoms with Crippen LogP contribution in [0, 0.1) is 0 Å². The average molecular weight is 253 g/mol. The maximum Gasteiger partial charge on any atom is 0.231 e. The number of benzene rings is 1. The third-order valence-corrected chi connectivity index (χ3v) is 3.38. The van der Waals surface area contributed by atoms with E-state index in [1.807, 2.05) is 0 Å². The summed E-state index contributed by atoms with van der Waals surface area (Å²) in [4.78, 5) is 0. The lowest BCUT2D eigenvalue weighted by atomic mass is 10.1. The van der Waals surface area contributed by atoms with E-state index in [1.165, 1.54) is 16.7 Å². The number of hydrogen-bond acceptors (Lipinski definition) is 2. The molecule has 72 valence electrons. The van der Waals surface area contributed by atoms with Gasteiger partial charge in [0.2, 0.25) is 6.79 Å². The van der Waals surface area contributed by atoms with E-state index in [2.05, 4.69) is 35.0 Å². The zero-order valence-corrected chi connectivity index (χ0v) is 9.35. The van der Waals surface area contributed by atoms with E-state index in [4.69, 9.17) is 9.47 Å². The summed E-state index contributed by atoms with van der Waals surface area (Å²) in [6.07, 6.45) is 3.21. The largest absolute Gasteiger partial charge is 0.454 e. The SMILES string of the molecule is CC1=Cc2c(cc3c(c2Br)OCO3)C1. The first kappa shape index (κ1) is 8.36. The monoisotopic (exact) mass is 252 g/mol. The van der Waals surface area contributed by atoms with E-state index >= 15 is 0 Å². The second-order valence-electron chi connectivity index (χ2n) is 3.66. The highest BCUT2D eigenvalue weighted by atomic mass is 79.9. The van der Waals surface area contributed by atoms with Crippen molar-refractivity contribution in [3.8, 4) is 11.5 Å². The molecule has 1 aliphatic heterocycles. The van der Waals surface area contributed by atoms with Crippen LogP contribution in [0.15, 0.2) is 16.1 Å². The van der Waals surface area contributed by atoms with Crippen molar-refractivity contribution in [2.24, 2.45) is 0 Å². The molecule has 0 fully saturated rings. The van der Waals surface area contributed by atoms with Crippen LogP contribution < -0.4 is 9.47 Å². The molecule has 0 amide bonds. The van der Waals surface area contributed by atoms with Crippen LogP contribution in [0.3, 0.4) is 0 Å². The molecule has 0 unspecified atom stereocenters. The maximum absolute atomic E-state index is 5.39. The Morgan fingerprint density at radius 1 is 1.36 bits per heavy atom. The standard InChI is InChI=1S/C11H9BrO2/c1-6-2-7-4-9-11(14-5-13-9)10(12)8(7)3-6/h3-4H,2,5H2,1H3. The summed E-state index contributed by atoms with van der Waals surface area (Å²) in [5.41, 5.74) is 3.94. The first-order valence-corrected chi connectivity index (χ1v) is 5.33. The van der Waals surface area contributed by atoms with Crippen molar-refractivity contribution in [2.75, 3.05) is 6.79 Å². The Kier molecular flexibility index (Phi) is 1.65. The number of halogens is 1. The van der Waals surface area contributed by atoms with E-state index in [9.17, 15) is 0 Å². The molecule has 1 aromatic rings. The lowest BCUT2D eigenvalue weighted by molar-refractivity contribution is 0.173. The summed E-state index contributed by atoms with van der Waals surface area (Å²) in [6.45, 7) is 2.47. The topological polar surface area (TPSA) is 18.5 Å². The molecule has 3 rings (SSSR count). The molecule has 0 saturated heterocycles. The Morgan fingerprint density at radius 3 is 3.07 bits per heavy atom. The predicted octanol–water partition coefficient (Wildman–Crippen LogP) is 3.14. The highest BCUT2D eigenvalue weighted by Crippen LogP contribution is 2.45. The van der Waals surface area contributed by atoms with Crippen molar-refractivity contribution in [2.45, 2.75) is 13.3 Å². The lowest BCUT2D eigenvalue weighted by Gasteiger charge is -2.05. The number of fused-ring (bicyclic) bond motifs is 2. The molecule has 3 heteroatoms. The molecule has 2 nitrogen and oxygen atoms in total. The van der Waals surface area contributed by atoms with Gasteiger partial charge >= 0.3 is 0 Å².